The zero-order valence-corrected chi connectivity index (χ0v) is 11.9. The normalized spacial score (nSPS) is 18.0. The zero-order chi connectivity index (χ0) is 15.0. The Balaban J connectivity index is 2.04. The molecule has 1 aliphatic heterocycles. The molecule has 6 heteroatoms. The van der Waals surface area contributed by atoms with Crippen LogP contribution in [0.1, 0.15) is 30.1 Å². The van der Waals surface area contributed by atoms with Gasteiger partial charge in [-0.1, -0.05) is 6.92 Å². The highest BCUT2D eigenvalue weighted by atomic mass is 16.5. The summed E-state index contributed by atoms with van der Waals surface area (Å²) in [6, 6.07) is 4.70. The van der Waals surface area contributed by atoms with Gasteiger partial charge in [-0.05, 0) is 36.5 Å². The molecule has 1 fully saturated rings. The first kappa shape index (κ1) is 13.9. The van der Waals surface area contributed by atoms with Gasteiger partial charge in [-0.25, -0.2) is 9.59 Å². The van der Waals surface area contributed by atoms with Gasteiger partial charge < -0.3 is 14.8 Å². The number of aromatic amines is 1. The third kappa shape index (κ3) is 2.58. The van der Waals surface area contributed by atoms with Crippen LogP contribution >= 0.6 is 0 Å². The number of aromatic carboxylic acids is 1. The molecule has 21 heavy (non-hydrogen) atoms. The van der Waals surface area contributed by atoms with E-state index < -0.39 is 5.97 Å². The SMILES string of the molecule is CC1(Cn2c(=O)[nH]c3ccc(C(=O)O)cc32)CCOCC1. The fourth-order valence-corrected chi connectivity index (χ4v) is 2.85. The molecule has 0 bridgehead atoms. The van der Waals surface area contributed by atoms with Gasteiger partial charge in [-0.2, -0.15) is 0 Å². The number of ether oxygens (including phenoxy) is 1. The summed E-state index contributed by atoms with van der Waals surface area (Å²) in [6.07, 6.45) is 1.79. The number of carboxylic acids is 1. The first-order valence-electron chi connectivity index (χ1n) is 7.02. The van der Waals surface area contributed by atoms with E-state index in [0.29, 0.717) is 30.8 Å². The van der Waals surface area contributed by atoms with Crippen LogP contribution in [0.5, 0.6) is 0 Å². The fourth-order valence-electron chi connectivity index (χ4n) is 2.85. The Morgan fingerprint density at radius 3 is 2.81 bits per heavy atom. The molecule has 112 valence electrons. The third-order valence-corrected chi connectivity index (χ3v) is 4.26. The monoisotopic (exact) mass is 290 g/mol. The predicted octanol–water partition coefficient (Wildman–Crippen LogP) is 1.84. The van der Waals surface area contributed by atoms with Gasteiger partial charge in [0.25, 0.3) is 0 Å². The van der Waals surface area contributed by atoms with Crippen LogP contribution in [-0.4, -0.2) is 33.8 Å². The Morgan fingerprint density at radius 2 is 2.14 bits per heavy atom. The maximum Gasteiger partial charge on any atom is 0.335 e. The largest absolute Gasteiger partial charge is 0.478 e. The Hall–Kier alpha value is -2.08. The number of nitrogens with zero attached hydrogens (tertiary/aromatic N) is 1. The van der Waals surface area contributed by atoms with E-state index in [2.05, 4.69) is 11.9 Å². The second-order valence-electron chi connectivity index (χ2n) is 5.98. The number of fused-ring (bicyclic) bond motifs is 1. The van der Waals surface area contributed by atoms with Crippen LogP contribution in [0.25, 0.3) is 11.0 Å². The Morgan fingerprint density at radius 1 is 1.43 bits per heavy atom. The van der Waals surface area contributed by atoms with Crippen molar-refractivity contribution in [2.75, 3.05) is 13.2 Å². The first-order chi connectivity index (χ1) is 9.98. The molecule has 0 saturated carbocycles. The number of imidazole rings is 1. The van der Waals surface area contributed by atoms with Crippen molar-refractivity contribution in [3.63, 3.8) is 0 Å². The summed E-state index contributed by atoms with van der Waals surface area (Å²) in [6.45, 7) is 4.11. The average Bonchev–Trinajstić information content (AvgIpc) is 2.75. The van der Waals surface area contributed by atoms with Crippen LogP contribution in [0.3, 0.4) is 0 Å². The molecule has 3 rings (SSSR count). The second-order valence-corrected chi connectivity index (χ2v) is 5.98. The molecule has 0 amide bonds. The number of aromatic nitrogens is 2. The molecule has 2 aromatic rings. The molecular weight excluding hydrogens is 272 g/mol. The van der Waals surface area contributed by atoms with E-state index in [1.807, 2.05) is 0 Å². The van der Waals surface area contributed by atoms with Gasteiger partial charge >= 0.3 is 11.7 Å². The quantitative estimate of drug-likeness (QED) is 0.903. The molecule has 0 unspecified atom stereocenters. The summed E-state index contributed by atoms with van der Waals surface area (Å²) < 4.78 is 7.03. The van der Waals surface area contributed by atoms with E-state index in [4.69, 9.17) is 9.84 Å². The first-order valence-corrected chi connectivity index (χ1v) is 7.02. The van der Waals surface area contributed by atoms with Gasteiger partial charge in [0.15, 0.2) is 0 Å². The molecule has 1 aliphatic rings. The topological polar surface area (TPSA) is 84.3 Å². The lowest BCUT2D eigenvalue weighted by molar-refractivity contribution is 0.0156. The van der Waals surface area contributed by atoms with E-state index in [1.165, 1.54) is 6.07 Å². The number of benzene rings is 1. The second kappa shape index (κ2) is 5.04. The lowest BCUT2D eigenvalue weighted by Gasteiger charge is -2.33. The van der Waals surface area contributed by atoms with Crippen molar-refractivity contribution < 1.29 is 14.6 Å². The molecule has 2 heterocycles. The summed E-state index contributed by atoms with van der Waals surface area (Å²) in [5.74, 6) is -0.991. The van der Waals surface area contributed by atoms with Gasteiger partial charge in [-0.15, -0.1) is 0 Å². The summed E-state index contributed by atoms with van der Waals surface area (Å²) in [7, 11) is 0. The molecule has 2 N–H and O–H groups in total. The number of carbonyl (C=O) groups is 1. The molecule has 1 saturated heterocycles. The highest BCUT2D eigenvalue weighted by Gasteiger charge is 2.29. The van der Waals surface area contributed by atoms with Crippen LogP contribution in [0.15, 0.2) is 23.0 Å². The molecule has 0 aliphatic carbocycles. The van der Waals surface area contributed by atoms with Crippen molar-refractivity contribution in [1.82, 2.24) is 9.55 Å². The summed E-state index contributed by atoms with van der Waals surface area (Å²) in [5, 5.41) is 9.10. The van der Waals surface area contributed by atoms with Crippen molar-refractivity contribution in [3.05, 3.63) is 34.2 Å². The minimum atomic E-state index is -0.991. The smallest absolute Gasteiger partial charge is 0.335 e. The van der Waals surface area contributed by atoms with Crippen LogP contribution in [0.2, 0.25) is 0 Å². The van der Waals surface area contributed by atoms with Crippen molar-refractivity contribution >= 4 is 17.0 Å². The Bertz CT molecular complexity index is 738. The Labute approximate surface area is 121 Å². The molecule has 0 radical (unpaired) electrons. The molecule has 0 atom stereocenters. The summed E-state index contributed by atoms with van der Waals surface area (Å²) >= 11 is 0. The number of nitrogens with one attached hydrogen (secondary N) is 1. The summed E-state index contributed by atoms with van der Waals surface area (Å²) in [4.78, 5) is 26.0. The van der Waals surface area contributed by atoms with Gasteiger partial charge in [0, 0.05) is 19.8 Å². The zero-order valence-electron chi connectivity index (χ0n) is 11.9. The third-order valence-electron chi connectivity index (χ3n) is 4.26. The van der Waals surface area contributed by atoms with Crippen LogP contribution in [0, 0.1) is 5.41 Å². The number of rotatable bonds is 3. The molecule has 1 aromatic heterocycles. The predicted molar refractivity (Wildman–Crippen MR) is 77.7 cm³/mol. The van der Waals surface area contributed by atoms with E-state index >= 15 is 0 Å². The highest BCUT2D eigenvalue weighted by Crippen LogP contribution is 2.32. The van der Waals surface area contributed by atoms with Crippen LogP contribution in [-0.2, 0) is 11.3 Å². The molecule has 1 aromatic carbocycles. The van der Waals surface area contributed by atoms with Crippen molar-refractivity contribution in [1.29, 1.82) is 0 Å². The summed E-state index contributed by atoms with van der Waals surface area (Å²) in [5.41, 5.74) is 1.30. The minimum Gasteiger partial charge on any atom is -0.478 e. The van der Waals surface area contributed by atoms with E-state index in [0.717, 1.165) is 12.8 Å². The molecular formula is C15H18N2O4. The molecule has 6 nitrogen and oxygen atoms in total. The highest BCUT2D eigenvalue weighted by molar-refractivity contribution is 5.92. The fraction of sp³-hybridized carbons (Fsp3) is 0.467. The maximum absolute atomic E-state index is 12.2. The van der Waals surface area contributed by atoms with Crippen LogP contribution < -0.4 is 5.69 Å². The van der Waals surface area contributed by atoms with Gasteiger partial charge in [0.2, 0.25) is 0 Å². The lowest BCUT2D eigenvalue weighted by atomic mass is 9.82. The van der Waals surface area contributed by atoms with E-state index in [-0.39, 0.29) is 16.7 Å². The van der Waals surface area contributed by atoms with Gasteiger partial charge in [0.1, 0.15) is 0 Å². The maximum atomic E-state index is 12.2. The van der Waals surface area contributed by atoms with Crippen molar-refractivity contribution in [3.8, 4) is 0 Å². The van der Waals surface area contributed by atoms with E-state index in [1.54, 1.807) is 16.7 Å². The Kier molecular flexibility index (Phi) is 3.33. The van der Waals surface area contributed by atoms with Crippen LogP contribution in [0.4, 0.5) is 0 Å². The molecule has 0 spiro atoms. The standard InChI is InChI=1S/C15H18N2O4/c1-15(4-6-21-7-5-15)9-17-12-8-10(13(18)19)2-3-11(12)16-14(17)20/h2-3,8H,4-7,9H2,1H3,(H,16,20)(H,18,19). The van der Waals surface area contributed by atoms with Gasteiger partial charge in [-0.3, -0.25) is 4.57 Å². The van der Waals surface area contributed by atoms with Crippen molar-refractivity contribution in [2.45, 2.75) is 26.3 Å². The number of hydrogen-bond acceptors (Lipinski definition) is 3. The minimum absolute atomic E-state index is 0.00354. The van der Waals surface area contributed by atoms with Gasteiger partial charge in [0.05, 0.1) is 16.6 Å². The lowest BCUT2D eigenvalue weighted by Crippen LogP contribution is -2.34. The average molecular weight is 290 g/mol. The van der Waals surface area contributed by atoms with Crippen molar-refractivity contribution in [2.24, 2.45) is 5.41 Å². The van der Waals surface area contributed by atoms with E-state index in [9.17, 15) is 9.59 Å². The number of H-pyrrole nitrogens is 1. The number of hydrogen-bond donors (Lipinski definition) is 2. The number of carboxylic acid groups (broad SMARTS) is 1.